The van der Waals surface area contributed by atoms with Crippen molar-refractivity contribution in [1.29, 1.82) is 0 Å². The van der Waals surface area contributed by atoms with Gasteiger partial charge in [0.2, 0.25) is 0 Å². The van der Waals surface area contributed by atoms with Gasteiger partial charge < -0.3 is 10.4 Å². The van der Waals surface area contributed by atoms with Crippen LogP contribution in [0.2, 0.25) is 10.0 Å². The van der Waals surface area contributed by atoms with Crippen molar-refractivity contribution < 1.29 is 14.7 Å². The average Bonchev–Trinajstić information content (AvgIpc) is 2.79. The zero-order valence-corrected chi connectivity index (χ0v) is 13.1. The fourth-order valence-electron chi connectivity index (χ4n) is 2.14. The highest BCUT2D eigenvalue weighted by Gasteiger charge is 2.34. The molecule has 3 amide bonds. The number of rotatable bonds is 2. The molecule has 0 aliphatic carbocycles. The molecule has 116 valence electrons. The number of amides is 3. The van der Waals surface area contributed by atoms with Crippen LogP contribution in [0.1, 0.15) is 5.56 Å². The minimum atomic E-state index is -0.548. The van der Waals surface area contributed by atoms with E-state index in [1.807, 2.05) is 0 Å². The number of carbonyl (C=O) groups is 2. The molecule has 1 heterocycles. The van der Waals surface area contributed by atoms with Gasteiger partial charge in [0.1, 0.15) is 11.4 Å². The summed E-state index contributed by atoms with van der Waals surface area (Å²) in [5.74, 6) is -0.542. The third-order valence-corrected chi connectivity index (χ3v) is 3.80. The fraction of sp³-hybridized carbons (Fsp3) is 0. The maximum Gasteiger partial charge on any atom is 0.333 e. The number of urea groups is 1. The van der Waals surface area contributed by atoms with Crippen molar-refractivity contribution in [2.75, 3.05) is 4.90 Å². The minimum Gasteiger partial charge on any atom is -0.506 e. The predicted octanol–water partition coefficient (Wildman–Crippen LogP) is 3.80. The monoisotopic (exact) mass is 348 g/mol. The van der Waals surface area contributed by atoms with Crippen LogP contribution in [-0.4, -0.2) is 17.0 Å². The largest absolute Gasteiger partial charge is 0.506 e. The van der Waals surface area contributed by atoms with E-state index in [1.165, 1.54) is 18.2 Å². The molecule has 2 N–H and O–H groups in total. The molecule has 2 aromatic rings. The number of imide groups is 1. The number of aromatic hydroxyl groups is 1. The number of benzene rings is 2. The molecule has 23 heavy (non-hydrogen) atoms. The Balaban J connectivity index is 1.92. The van der Waals surface area contributed by atoms with Crippen LogP contribution in [0.5, 0.6) is 5.75 Å². The van der Waals surface area contributed by atoms with Crippen LogP contribution < -0.4 is 10.2 Å². The lowest BCUT2D eigenvalue weighted by atomic mass is 10.2. The van der Waals surface area contributed by atoms with Crippen LogP contribution in [0.3, 0.4) is 0 Å². The van der Waals surface area contributed by atoms with Gasteiger partial charge in [-0.05, 0) is 48.0 Å². The van der Waals surface area contributed by atoms with Gasteiger partial charge in [-0.25, -0.2) is 9.69 Å². The van der Waals surface area contributed by atoms with Gasteiger partial charge in [-0.3, -0.25) is 4.79 Å². The molecule has 7 heteroatoms. The smallest absolute Gasteiger partial charge is 0.333 e. The number of hydrogen-bond acceptors (Lipinski definition) is 3. The van der Waals surface area contributed by atoms with Gasteiger partial charge in [0.25, 0.3) is 5.91 Å². The second-order valence-corrected chi connectivity index (χ2v) is 5.66. The number of halogens is 2. The fourth-order valence-corrected chi connectivity index (χ4v) is 2.45. The molecule has 0 atom stereocenters. The van der Waals surface area contributed by atoms with Crippen molar-refractivity contribution in [1.82, 2.24) is 5.32 Å². The first-order chi connectivity index (χ1) is 11.0. The first kappa shape index (κ1) is 15.4. The van der Waals surface area contributed by atoms with Gasteiger partial charge >= 0.3 is 6.03 Å². The molecule has 1 saturated heterocycles. The molecule has 0 aromatic heterocycles. The second kappa shape index (κ2) is 5.95. The van der Waals surface area contributed by atoms with Gasteiger partial charge in [0.15, 0.2) is 0 Å². The molecule has 5 nitrogen and oxygen atoms in total. The van der Waals surface area contributed by atoms with Crippen LogP contribution in [0.25, 0.3) is 6.08 Å². The van der Waals surface area contributed by atoms with Crippen molar-refractivity contribution in [2.45, 2.75) is 0 Å². The number of nitrogens with zero attached hydrogens (tertiary/aromatic N) is 1. The molecule has 1 fully saturated rings. The molecule has 0 bridgehead atoms. The van der Waals surface area contributed by atoms with Gasteiger partial charge in [0.05, 0.1) is 10.7 Å². The Hall–Kier alpha value is -2.50. The topological polar surface area (TPSA) is 69.6 Å². The molecular weight excluding hydrogens is 339 g/mol. The number of phenolic OH excluding ortho intramolecular Hbond substituents is 1. The molecule has 0 spiro atoms. The van der Waals surface area contributed by atoms with Gasteiger partial charge in [0, 0.05) is 5.02 Å². The van der Waals surface area contributed by atoms with E-state index in [9.17, 15) is 14.7 Å². The van der Waals surface area contributed by atoms with Crippen molar-refractivity contribution in [3.8, 4) is 5.75 Å². The molecule has 3 rings (SSSR count). The van der Waals surface area contributed by atoms with Crippen molar-refractivity contribution in [3.63, 3.8) is 0 Å². The van der Waals surface area contributed by atoms with Gasteiger partial charge in [-0.1, -0.05) is 29.3 Å². The highest BCUT2D eigenvalue weighted by atomic mass is 35.5. The normalized spacial score (nSPS) is 16.1. The lowest BCUT2D eigenvalue weighted by Gasteiger charge is -2.11. The molecule has 1 aliphatic heterocycles. The first-order valence-electron chi connectivity index (χ1n) is 6.57. The van der Waals surface area contributed by atoms with E-state index < -0.39 is 11.9 Å². The Labute approximate surface area is 141 Å². The van der Waals surface area contributed by atoms with Crippen LogP contribution in [0.4, 0.5) is 10.5 Å². The summed E-state index contributed by atoms with van der Waals surface area (Å²) in [6.07, 6.45) is 1.49. The van der Waals surface area contributed by atoms with Crippen LogP contribution in [0.15, 0.2) is 48.2 Å². The zero-order chi connectivity index (χ0) is 16.6. The van der Waals surface area contributed by atoms with Crippen LogP contribution in [-0.2, 0) is 4.79 Å². The molecule has 2 aromatic carbocycles. The third-order valence-electron chi connectivity index (χ3n) is 3.25. The molecule has 0 saturated carbocycles. The SMILES string of the molecule is O=C1N/C(=C/c2ccc(O)c(Cl)c2)C(=O)N1c1ccc(Cl)cc1. The highest BCUT2D eigenvalue weighted by molar-refractivity contribution is 6.32. The summed E-state index contributed by atoms with van der Waals surface area (Å²) in [5.41, 5.74) is 1.12. The average molecular weight is 349 g/mol. The maximum absolute atomic E-state index is 12.4. The second-order valence-electron chi connectivity index (χ2n) is 4.82. The Bertz CT molecular complexity index is 832. The Morgan fingerprint density at radius 2 is 1.74 bits per heavy atom. The number of carbonyl (C=O) groups excluding carboxylic acids is 2. The van der Waals surface area contributed by atoms with Crippen LogP contribution in [0, 0.1) is 0 Å². The predicted molar refractivity (Wildman–Crippen MR) is 88.6 cm³/mol. The number of hydrogen-bond donors (Lipinski definition) is 2. The van der Waals surface area contributed by atoms with E-state index in [0.717, 1.165) is 4.90 Å². The standard InChI is InChI=1S/C16H10Cl2N2O3/c17-10-2-4-11(5-3-10)20-15(22)13(19-16(20)23)8-9-1-6-14(21)12(18)7-9/h1-8,21H,(H,19,23)/b13-8+. The third kappa shape index (κ3) is 3.02. The van der Waals surface area contributed by atoms with Crippen LogP contribution >= 0.6 is 23.2 Å². The summed E-state index contributed by atoms with van der Waals surface area (Å²) in [4.78, 5) is 25.5. The Morgan fingerprint density at radius 1 is 1.04 bits per heavy atom. The number of phenols is 1. The van der Waals surface area contributed by atoms with E-state index in [4.69, 9.17) is 23.2 Å². The van der Waals surface area contributed by atoms with Crippen molar-refractivity contribution >= 4 is 46.9 Å². The van der Waals surface area contributed by atoms with Gasteiger partial charge in [-0.15, -0.1) is 0 Å². The summed E-state index contributed by atoms with van der Waals surface area (Å²) in [6, 6.07) is 10.3. The van der Waals surface area contributed by atoms with Gasteiger partial charge in [-0.2, -0.15) is 0 Å². The summed E-state index contributed by atoms with van der Waals surface area (Å²) < 4.78 is 0. The van der Waals surface area contributed by atoms with E-state index in [1.54, 1.807) is 30.3 Å². The molecule has 1 aliphatic rings. The summed E-state index contributed by atoms with van der Waals surface area (Å²) in [6.45, 7) is 0. The van der Waals surface area contributed by atoms with Crippen molar-refractivity contribution in [3.05, 3.63) is 63.8 Å². The minimum absolute atomic E-state index is 0.0570. The maximum atomic E-state index is 12.4. The molecular formula is C16H10Cl2N2O3. The first-order valence-corrected chi connectivity index (χ1v) is 7.32. The summed E-state index contributed by atoms with van der Waals surface area (Å²) in [7, 11) is 0. The molecule has 0 unspecified atom stereocenters. The molecule has 0 radical (unpaired) electrons. The van der Waals surface area contributed by atoms with E-state index >= 15 is 0 Å². The quantitative estimate of drug-likeness (QED) is 0.640. The van der Waals surface area contributed by atoms with E-state index in [-0.39, 0.29) is 16.5 Å². The van der Waals surface area contributed by atoms with E-state index in [2.05, 4.69) is 5.32 Å². The lowest BCUT2D eigenvalue weighted by Crippen LogP contribution is -2.30. The Morgan fingerprint density at radius 3 is 2.39 bits per heavy atom. The number of nitrogens with one attached hydrogen (secondary N) is 1. The highest BCUT2D eigenvalue weighted by Crippen LogP contribution is 2.27. The lowest BCUT2D eigenvalue weighted by molar-refractivity contribution is -0.113. The number of anilines is 1. The Kier molecular flexibility index (Phi) is 3.98. The summed E-state index contributed by atoms with van der Waals surface area (Å²) in [5, 5.41) is 12.6. The zero-order valence-electron chi connectivity index (χ0n) is 11.6. The van der Waals surface area contributed by atoms with Crippen molar-refractivity contribution in [2.24, 2.45) is 0 Å². The van der Waals surface area contributed by atoms with E-state index in [0.29, 0.717) is 16.3 Å². The summed E-state index contributed by atoms with van der Waals surface area (Å²) >= 11 is 11.6.